The lowest BCUT2D eigenvalue weighted by Gasteiger charge is -2.21. The van der Waals surface area contributed by atoms with Crippen LogP contribution in [0.1, 0.15) is 44.3 Å². The van der Waals surface area contributed by atoms with E-state index in [9.17, 15) is 9.59 Å². The number of carbonyl (C=O) groups is 2. The van der Waals surface area contributed by atoms with Crippen LogP contribution in [0.4, 0.5) is 5.69 Å². The van der Waals surface area contributed by atoms with Crippen molar-refractivity contribution in [2.24, 2.45) is 0 Å². The van der Waals surface area contributed by atoms with Crippen LogP contribution >= 0.6 is 0 Å². The molecule has 0 radical (unpaired) electrons. The molecule has 0 spiro atoms. The molecule has 0 aliphatic rings. The predicted octanol–water partition coefficient (Wildman–Crippen LogP) is 5.22. The van der Waals surface area contributed by atoms with Crippen LogP contribution in [-0.2, 0) is 6.54 Å². The molecule has 0 unspecified atom stereocenters. The first-order valence-corrected chi connectivity index (χ1v) is 9.80. The van der Waals surface area contributed by atoms with Gasteiger partial charge in [0.05, 0.1) is 0 Å². The number of carbonyl (C=O) groups excluding carboxylic acids is 2. The average Bonchev–Trinajstić information content (AvgIpc) is 2.75. The maximum absolute atomic E-state index is 12.8. The molecule has 1 N–H and O–H groups in total. The number of hydrogen-bond acceptors (Lipinski definition) is 2. The number of anilines is 1. The molecular weight excluding hydrogens is 360 g/mol. The van der Waals surface area contributed by atoms with Crippen LogP contribution in [0.5, 0.6) is 0 Å². The van der Waals surface area contributed by atoms with Crippen molar-refractivity contribution in [2.45, 2.75) is 27.3 Å². The summed E-state index contributed by atoms with van der Waals surface area (Å²) in [6.45, 7) is 7.19. The number of aryl methyl sites for hydroxylation is 2. The Hall–Kier alpha value is -3.40. The van der Waals surface area contributed by atoms with E-state index in [-0.39, 0.29) is 11.8 Å². The van der Waals surface area contributed by atoms with Crippen LogP contribution in [0, 0.1) is 13.8 Å². The SMILES string of the molecule is CCN(Cc1ccccc1)C(=O)c1ccc(C(=O)Nc2ccc(C)c(C)c2)cc1. The zero-order chi connectivity index (χ0) is 20.8. The number of nitrogens with zero attached hydrogens (tertiary/aromatic N) is 1. The van der Waals surface area contributed by atoms with Crippen molar-refractivity contribution in [3.05, 3.63) is 101 Å². The lowest BCUT2D eigenvalue weighted by molar-refractivity contribution is 0.0752. The number of amides is 2. The van der Waals surface area contributed by atoms with Gasteiger partial charge in [-0.25, -0.2) is 0 Å². The minimum absolute atomic E-state index is 0.0440. The van der Waals surface area contributed by atoms with Crippen molar-refractivity contribution in [3.63, 3.8) is 0 Å². The molecule has 0 aromatic heterocycles. The summed E-state index contributed by atoms with van der Waals surface area (Å²) < 4.78 is 0. The fourth-order valence-electron chi connectivity index (χ4n) is 3.10. The summed E-state index contributed by atoms with van der Waals surface area (Å²) in [5.74, 6) is -0.235. The predicted molar refractivity (Wildman–Crippen MR) is 117 cm³/mol. The Bertz CT molecular complexity index is 995. The van der Waals surface area contributed by atoms with E-state index in [1.54, 1.807) is 29.2 Å². The topological polar surface area (TPSA) is 49.4 Å². The summed E-state index contributed by atoms with van der Waals surface area (Å²) in [4.78, 5) is 27.2. The van der Waals surface area contributed by atoms with Crippen LogP contribution < -0.4 is 5.32 Å². The van der Waals surface area contributed by atoms with Crippen molar-refractivity contribution in [1.29, 1.82) is 0 Å². The Morgan fingerprint density at radius 3 is 2.10 bits per heavy atom. The third-order valence-electron chi connectivity index (χ3n) is 5.04. The monoisotopic (exact) mass is 386 g/mol. The molecule has 4 heteroatoms. The van der Waals surface area contributed by atoms with Gasteiger partial charge < -0.3 is 10.2 Å². The summed E-state index contributed by atoms with van der Waals surface area (Å²) >= 11 is 0. The number of benzene rings is 3. The van der Waals surface area contributed by atoms with E-state index < -0.39 is 0 Å². The van der Waals surface area contributed by atoms with Crippen LogP contribution in [-0.4, -0.2) is 23.3 Å². The molecule has 0 saturated heterocycles. The molecular formula is C25H26N2O2. The summed E-state index contributed by atoms with van der Waals surface area (Å²) in [7, 11) is 0. The van der Waals surface area contributed by atoms with Crippen molar-refractivity contribution < 1.29 is 9.59 Å². The molecule has 3 aromatic rings. The van der Waals surface area contributed by atoms with Crippen molar-refractivity contribution in [1.82, 2.24) is 4.90 Å². The summed E-state index contributed by atoms with van der Waals surface area (Å²) in [6, 6.07) is 22.6. The van der Waals surface area contributed by atoms with Gasteiger partial charge >= 0.3 is 0 Å². The Balaban J connectivity index is 1.68. The van der Waals surface area contributed by atoms with Crippen LogP contribution in [0.15, 0.2) is 72.8 Å². The zero-order valence-electron chi connectivity index (χ0n) is 17.1. The summed E-state index contributed by atoms with van der Waals surface area (Å²) in [6.07, 6.45) is 0. The Labute approximate surface area is 172 Å². The van der Waals surface area contributed by atoms with Gasteiger partial charge in [0.15, 0.2) is 0 Å². The van der Waals surface area contributed by atoms with Crippen LogP contribution in [0.3, 0.4) is 0 Å². The molecule has 0 bridgehead atoms. The van der Waals surface area contributed by atoms with E-state index in [1.807, 2.05) is 69.3 Å². The molecule has 4 nitrogen and oxygen atoms in total. The number of rotatable bonds is 6. The van der Waals surface area contributed by atoms with E-state index in [4.69, 9.17) is 0 Å². The van der Waals surface area contributed by atoms with Crippen molar-refractivity contribution in [3.8, 4) is 0 Å². The third kappa shape index (κ3) is 5.11. The molecule has 0 fully saturated rings. The molecule has 0 aliphatic carbocycles. The lowest BCUT2D eigenvalue weighted by atomic mass is 10.1. The molecule has 3 aromatic carbocycles. The van der Waals surface area contributed by atoms with Crippen LogP contribution in [0.25, 0.3) is 0 Å². The first-order valence-electron chi connectivity index (χ1n) is 9.80. The fraction of sp³-hybridized carbons (Fsp3) is 0.200. The highest BCUT2D eigenvalue weighted by molar-refractivity contribution is 6.05. The van der Waals surface area contributed by atoms with Gasteiger partial charge in [0.25, 0.3) is 11.8 Å². The largest absolute Gasteiger partial charge is 0.335 e. The summed E-state index contributed by atoms with van der Waals surface area (Å²) in [5.41, 5.74) is 5.26. The van der Waals surface area contributed by atoms with E-state index in [2.05, 4.69) is 5.32 Å². The highest BCUT2D eigenvalue weighted by Gasteiger charge is 2.15. The Kier molecular flexibility index (Phi) is 6.45. The molecule has 0 atom stereocenters. The molecule has 0 heterocycles. The maximum Gasteiger partial charge on any atom is 0.255 e. The molecule has 148 valence electrons. The van der Waals surface area contributed by atoms with Crippen LogP contribution in [0.2, 0.25) is 0 Å². The van der Waals surface area contributed by atoms with Gasteiger partial charge in [0, 0.05) is 29.9 Å². The van der Waals surface area contributed by atoms with E-state index in [0.717, 1.165) is 16.8 Å². The second-order valence-electron chi connectivity index (χ2n) is 7.14. The van der Waals surface area contributed by atoms with Gasteiger partial charge in [-0.1, -0.05) is 36.4 Å². The normalized spacial score (nSPS) is 10.4. The molecule has 0 saturated carbocycles. The standard InChI is InChI=1S/C25H26N2O2/c1-4-27(17-20-8-6-5-7-9-20)25(29)22-13-11-21(12-14-22)24(28)26-23-15-10-18(2)19(3)16-23/h5-16H,4,17H2,1-3H3,(H,26,28). The lowest BCUT2D eigenvalue weighted by Crippen LogP contribution is -2.30. The van der Waals surface area contributed by atoms with E-state index in [1.165, 1.54) is 5.56 Å². The van der Waals surface area contributed by atoms with Gasteiger partial charge in [-0.05, 0) is 73.9 Å². The van der Waals surface area contributed by atoms with E-state index >= 15 is 0 Å². The Morgan fingerprint density at radius 1 is 0.828 bits per heavy atom. The van der Waals surface area contributed by atoms with Crippen molar-refractivity contribution >= 4 is 17.5 Å². The fourth-order valence-corrected chi connectivity index (χ4v) is 3.10. The minimum atomic E-state index is -0.191. The molecule has 2 amide bonds. The molecule has 29 heavy (non-hydrogen) atoms. The smallest absolute Gasteiger partial charge is 0.255 e. The highest BCUT2D eigenvalue weighted by atomic mass is 16.2. The molecule has 0 aliphatic heterocycles. The minimum Gasteiger partial charge on any atom is -0.335 e. The first kappa shape index (κ1) is 20.3. The quantitative estimate of drug-likeness (QED) is 0.631. The second kappa shape index (κ2) is 9.20. The van der Waals surface area contributed by atoms with Gasteiger partial charge in [0.2, 0.25) is 0 Å². The van der Waals surface area contributed by atoms with Gasteiger partial charge in [-0.15, -0.1) is 0 Å². The first-order chi connectivity index (χ1) is 14.0. The second-order valence-corrected chi connectivity index (χ2v) is 7.14. The third-order valence-corrected chi connectivity index (χ3v) is 5.04. The highest BCUT2D eigenvalue weighted by Crippen LogP contribution is 2.16. The maximum atomic E-state index is 12.8. The van der Waals surface area contributed by atoms with E-state index in [0.29, 0.717) is 24.2 Å². The Morgan fingerprint density at radius 2 is 1.48 bits per heavy atom. The average molecular weight is 386 g/mol. The number of nitrogens with one attached hydrogen (secondary N) is 1. The summed E-state index contributed by atoms with van der Waals surface area (Å²) in [5, 5.41) is 2.91. The van der Waals surface area contributed by atoms with Crippen molar-refractivity contribution in [2.75, 3.05) is 11.9 Å². The van der Waals surface area contributed by atoms with Gasteiger partial charge in [-0.3, -0.25) is 9.59 Å². The zero-order valence-corrected chi connectivity index (χ0v) is 17.1. The van der Waals surface area contributed by atoms with Gasteiger partial charge in [0.1, 0.15) is 0 Å². The number of hydrogen-bond donors (Lipinski definition) is 1. The molecule has 3 rings (SSSR count). The van der Waals surface area contributed by atoms with Gasteiger partial charge in [-0.2, -0.15) is 0 Å².